The van der Waals surface area contributed by atoms with Crippen molar-refractivity contribution >= 4 is 34.8 Å². The first-order chi connectivity index (χ1) is 14.2. The molecule has 8 heteroatoms. The Balaban J connectivity index is 1.54. The van der Waals surface area contributed by atoms with Crippen molar-refractivity contribution in [2.75, 3.05) is 11.9 Å². The molecule has 146 valence electrons. The van der Waals surface area contributed by atoms with Crippen molar-refractivity contribution in [1.82, 2.24) is 14.8 Å². The lowest BCUT2D eigenvalue weighted by Crippen LogP contribution is -2.22. The smallest absolute Gasteiger partial charge is 0.287 e. The predicted molar refractivity (Wildman–Crippen MR) is 115 cm³/mol. The minimum absolute atomic E-state index is 0.174. The van der Waals surface area contributed by atoms with Crippen molar-refractivity contribution in [3.05, 3.63) is 82.0 Å². The summed E-state index contributed by atoms with van der Waals surface area (Å²) < 4.78 is 6.83. The molecule has 0 amide bonds. The molecular formula is C21H17ClN4O2S. The van der Waals surface area contributed by atoms with Crippen molar-refractivity contribution < 1.29 is 9.53 Å². The molecule has 0 saturated heterocycles. The molecule has 0 fully saturated rings. The maximum Gasteiger partial charge on any atom is 0.287 e. The SMILES string of the molecule is O=C(COc1ccc(Cl)cc1)n1nc(-c2ccccc2)nc1NCc1cccs1. The van der Waals surface area contributed by atoms with Crippen LogP contribution in [0.1, 0.15) is 9.67 Å². The van der Waals surface area contributed by atoms with Gasteiger partial charge in [-0.1, -0.05) is 48.0 Å². The molecular weight excluding hydrogens is 408 g/mol. The summed E-state index contributed by atoms with van der Waals surface area (Å²) >= 11 is 7.50. The number of carbonyl (C=O) groups excluding carboxylic acids is 1. The number of nitrogens with one attached hydrogen (secondary N) is 1. The van der Waals surface area contributed by atoms with Crippen molar-refractivity contribution in [3.8, 4) is 17.1 Å². The Morgan fingerprint density at radius 1 is 1.07 bits per heavy atom. The predicted octanol–water partition coefficient (Wildman–Crippen LogP) is 4.99. The molecule has 1 N–H and O–H groups in total. The molecule has 29 heavy (non-hydrogen) atoms. The van der Waals surface area contributed by atoms with E-state index in [2.05, 4.69) is 15.4 Å². The van der Waals surface area contributed by atoms with Crippen LogP contribution in [0.3, 0.4) is 0 Å². The second-order valence-corrected chi connectivity index (χ2v) is 7.57. The van der Waals surface area contributed by atoms with E-state index in [0.29, 0.717) is 29.1 Å². The molecule has 0 aliphatic carbocycles. The van der Waals surface area contributed by atoms with E-state index in [1.165, 1.54) is 4.68 Å². The van der Waals surface area contributed by atoms with E-state index in [0.717, 1.165) is 10.4 Å². The highest BCUT2D eigenvalue weighted by Crippen LogP contribution is 2.20. The number of thiophene rings is 1. The first-order valence-electron chi connectivity index (χ1n) is 8.89. The van der Waals surface area contributed by atoms with E-state index in [-0.39, 0.29) is 12.5 Å². The minimum atomic E-state index is -0.330. The lowest BCUT2D eigenvalue weighted by molar-refractivity contribution is 0.0824. The third-order valence-electron chi connectivity index (χ3n) is 4.05. The number of rotatable bonds is 7. The molecule has 0 aliphatic rings. The average Bonchev–Trinajstić information content (AvgIpc) is 3.42. The Bertz CT molecular complexity index is 1080. The Morgan fingerprint density at radius 3 is 2.59 bits per heavy atom. The van der Waals surface area contributed by atoms with Gasteiger partial charge in [0.2, 0.25) is 5.95 Å². The fraction of sp³-hybridized carbons (Fsp3) is 0.0952. The van der Waals surface area contributed by atoms with Crippen molar-refractivity contribution in [3.63, 3.8) is 0 Å². The van der Waals surface area contributed by atoms with E-state index in [4.69, 9.17) is 16.3 Å². The van der Waals surface area contributed by atoms with Crippen LogP contribution in [0.4, 0.5) is 5.95 Å². The first-order valence-corrected chi connectivity index (χ1v) is 10.1. The number of ether oxygens (including phenoxy) is 1. The van der Waals surface area contributed by atoms with Crippen molar-refractivity contribution in [2.24, 2.45) is 0 Å². The molecule has 0 saturated carbocycles. The number of benzene rings is 2. The number of carbonyl (C=O) groups is 1. The van der Waals surface area contributed by atoms with E-state index in [1.807, 2.05) is 47.8 Å². The summed E-state index contributed by atoms with van der Waals surface area (Å²) in [6.07, 6.45) is 0. The van der Waals surface area contributed by atoms with Crippen LogP contribution in [0, 0.1) is 0 Å². The van der Waals surface area contributed by atoms with Crippen LogP contribution in [-0.4, -0.2) is 27.3 Å². The zero-order valence-corrected chi connectivity index (χ0v) is 16.9. The van der Waals surface area contributed by atoms with Crippen LogP contribution >= 0.6 is 22.9 Å². The van der Waals surface area contributed by atoms with E-state index in [1.54, 1.807) is 35.6 Å². The van der Waals surface area contributed by atoms with Crippen LogP contribution in [0.5, 0.6) is 5.75 Å². The highest BCUT2D eigenvalue weighted by molar-refractivity contribution is 7.09. The lowest BCUT2D eigenvalue weighted by Gasteiger charge is -2.08. The van der Waals surface area contributed by atoms with Crippen LogP contribution < -0.4 is 10.1 Å². The highest BCUT2D eigenvalue weighted by atomic mass is 35.5. The van der Waals surface area contributed by atoms with Gasteiger partial charge in [0.15, 0.2) is 12.4 Å². The van der Waals surface area contributed by atoms with Gasteiger partial charge in [0.1, 0.15) is 5.75 Å². The zero-order chi connectivity index (χ0) is 20.1. The number of hydrogen-bond acceptors (Lipinski definition) is 6. The van der Waals surface area contributed by atoms with Gasteiger partial charge in [-0.3, -0.25) is 4.79 Å². The summed E-state index contributed by atoms with van der Waals surface area (Å²) in [6.45, 7) is 0.378. The maximum absolute atomic E-state index is 12.8. The van der Waals surface area contributed by atoms with Crippen molar-refractivity contribution in [1.29, 1.82) is 0 Å². The van der Waals surface area contributed by atoms with Crippen LogP contribution in [-0.2, 0) is 6.54 Å². The normalized spacial score (nSPS) is 10.7. The molecule has 2 aromatic carbocycles. The molecule has 0 aliphatic heterocycles. The molecule has 2 heterocycles. The molecule has 4 rings (SSSR count). The van der Waals surface area contributed by atoms with Gasteiger partial charge in [0.25, 0.3) is 5.91 Å². The Labute approximate surface area is 176 Å². The Hall–Kier alpha value is -3.16. The number of anilines is 1. The van der Waals surface area contributed by atoms with Crippen molar-refractivity contribution in [2.45, 2.75) is 6.54 Å². The second kappa shape index (κ2) is 8.89. The number of halogens is 1. The van der Waals surface area contributed by atoms with Gasteiger partial charge >= 0.3 is 0 Å². The summed E-state index contributed by atoms with van der Waals surface area (Å²) in [4.78, 5) is 18.4. The van der Waals surface area contributed by atoms with Gasteiger partial charge in [0, 0.05) is 15.5 Å². The Morgan fingerprint density at radius 2 is 1.86 bits per heavy atom. The topological polar surface area (TPSA) is 69.0 Å². The summed E-state index contributed by atoms with van der Waals surface area (Å²) in [5.41, 5.74) is 0.830. The standard InChI is InChI=1S/C21H17ClN4O2S/c22-16-8-10-17(11-9-16)28-14-19(27)26-21(23-13-18-7-4-12-29-18)24-20(25-26)15-5-2-1-3-6-15/h1-12H,13-14H2,(H,23,24,25). The van der Waals surface area contributed by atoms with Gasteiger partial charge in [0.05, 0.1) is 6.54 Å². The third kappa shape index (κ3) is 4.82. The Kier molecular flexibility index (Phi) is 5.88. The van der Waals surface area contributed by atoms with Gasteiger partial charge in [-0.15, -0.1) is 16.4 Å². The summed E-state index contributed by atoms with van der Waals surface area (Å²) in [6, 6.07) is 20.4. The molecule has 4 aromatic rings. The fourth-order valence-corrected chi connectivity index (χ4v) is 3.40. The quantitative estimate of drug-likeness (QED) is 0.452. The van der Waals surface area contributed by atoms with E-state index < -0.39 is 0 Å². The molecule has 2 aromatic heterocycles. The van der Waals surface area contributed by atoms with Crippen LogP contribution in [0.2, 0.25) is 5.02 Å². The summed E-state index contributed by atoms with van der Waals surface area (Å²) in [5.74, 6) is 1.07. The number of hydrogen-bond donors (Lipinski definition) is 1. The van der Waals surface area contributed by atoms with E-state index >= 15 is 0 Å². The number of aromatic nitrogens is 3. The van der Waals surface area contributed by atoms with Gasteiger partial charge in [-0.2, -0.15) is 9.67 Å². The lowest BCUT2D eigenvalue weighted by atomic mass is 10.2. The first kappa shape index (κ1) is 19.2. The fourth-order valence-electron chi connectivity index (χ4n) is 2.63. The van der Waals surface area contributed by atoms with Gasteiger partial charge < -0.3 is 10.1 Å². The van der Waals surface area contributed by atoms with Gasteiger partial charge in [-0.05, 0) is 35.7 Å². The van der Waals surface area contributed by atoms with Crippen LogP contribution in [0.15, 0.2) is 72.1 Å². The monoisotopic (exact) mass is 424 g/mol. The second-order valence-electron chi connectivity index (χ2n) is 6.11. The zero-order valence-electron chi connectivity index (χ0n) is 15.3. The molecule has 0 atom stereocenters. The summed E-state index contributed by atoms with van der Waals surface area (Å²) in [5, 5.41) is 10.2. The number of nitrogens with zero attached hydrogens (tertiary/aromatic N) is 3. The molecule has 0 bridgehead atoms. The highest BCUT2D eigenvalue weighted by Gasteiger charge is 2.18. The molecule has 6 nitrogen and oxygen atoms in total. The van der Waals surface area contributed by atoms with Crippen LogP contribution in [0.25, 0.3) is 11.4 Å². The third-order valence-corrected chi connectivity index (χ3v) is 5.18. The van der Waals surface area contributed by atoms with E-state index in [9.17, 15) is 4.79 Å². The molecule has 0 unspecified atom stereocenters. The largest absolute Gasteiger partial charge is 0.484 e. The maximum atomic E-state index is 12.8. The van der Waals surface area contributed by atoms with Gasteiger partial charge in [-0.25, -0.2) is 0 Å². The molecule has 0 radical (unpaired) electrons. The summed E-state index contributed by atoms with van der Waals surface area (Å²) in [7, 11) is 0. The average molecular weight is 425 g/mol. The molecule has 0 spiro atoms. The minimum Gasteiger partial charge on any atom is -0.484 e.